The Labute approximate surface area is 179 Å². The summed E-state index contributed by atoms with van der Waals surface area (Å²) >= 11 is 1.26. The molecule has 0 aliphatic carbocycles. The lowest BCUT2D eigenvalue weighted by Crippen LogP contribution is -2.21. The van der Waals surface area contributed by atoms with Crippen molar-refractivity contribution >= 4 is 28.2 Å². The molecule has 156 valence electrons. The smallest absolute Gasteiger partial charge is 0.341 e. The Morgan fingerprint density at radius 2 is 1.77 bits per heavy atom. The highest BCUT2D eigenvalue weighted by Crippen LogP contribution is 2.36. The van der Waals surface area contributed by atoms with Crippen LogP contribution in [0.1, 0.15) is 21.5 Å². The van der Waals surface area contributed by atoms with E-state index in [-0.39, 0.29) is 12.5 Å². The Morgan fingerprint density at radius 1 is 1.03 bits per heavy atom. The van der Waals surface area contributed by atoms with Gasteiger partial charge in [0.2, 0.25) is 0 Å². The zero-order valence-corrected chi connectivity index (χ0v) is 18.1. The van der Waals surface area contributed by atoms with Crippen LogP contribution in [0.15, 0.2) is 47.8 Å². The van der Waals surface area contributed by atoms with Crippen LogP contribution < -0.4 is 14.8 Å². The SMILES string of the molecule is COC(=O)c1c(-c2ccc(OC)cc2)csc1NC(=O)COc1cc(C)ccc1C. The lowest BCUT2D eigenvalue weighted by molar-refractivity contribution is -0.118. The molecule has 3 rings (SSSR count). The van der Waals surface area contributed by atoms with Crippen molar-refractivity contribution in [1.82, 2.24) is 0 Å². The second kappa shape index (κ2) is 9.45. The fourth-order valence-corrected chi connectivity index (χ4v) is 3.88. The van der Waals surface area contributed by atoms with Gasteiger partial charge in [-0.05, 0) is 48.7 Å². The van der Waals surface area contributed by atoms with Crippen LogP contribution >= 0.6 is 11.3 Å². The van der Waals surface area contributed by atoms with Gasteiger partial charge in [0, 0.05) is 10.9 Å². The number of anilines is 1. The first-order valence-electron chi connectivity index (χ1n) is 9.27. The molecular formula is C23H23NO5S. The molecule has 2 aromatic carbocycles. The van der Waals surface area contributed by atoms with E-state index >= 15 is 0 Å². The van der Waals surface area contributed by atoms with Gasteiger partial charge in [0.15, 0.2) is 6.61 Å². The Bertz CT molecular complexity index is 1060. The van der Waals surface area contributed by atoms with E-state index in [0.29, 0.717) is 27.6 Å². The summed E-state index contributed by atoms with van der Waals surface area (Å²) < 4.78 is 15.8. The monoisotopic (exact) mass is 425 g/mol. The minimum absolute atomic E-state index is 0.166. The van der Waals surface area contributed by atoms with Crippen molar-refractivity contribution < 1.29 is 23.8 Å². The van der Waals surface area contributed by atoms with Crippen molar-refractivity contribution in [2.75, 3.05) is 26.1 Å². The number of methoxy groups -OCH3 is 2. The highest BCUT2D eigenvalue weighted by atomic mass is 32.1. The molecule has 0 spiro atoms. The number of rotatable bonds is 7. The van der Waals surface area contributed by atoms with E-state index in [0.717, 1.165) is 16.7 Å². The first-order valence-corrected chi connectivity index (χ1v) is 10.1. The van der Waals surface area contributed by atoms with Gasteiger partial charge in [-0.2, -0.15) is 0 Å². The second-order valence-corrected chi connectivity index (χ2v) is 7.56. The Hall–Kier alpha value is -3.32. The number of aryl methyl sites for hydroxylation is 2. The first-order chi connectivity index (χ1) is 14.4. The van der Waals surface area contributed by atoms with Gasteiger partial charge in [0.25, 0.3) is 5.91 Å². The molecule has 3 aromatic rings. The molecule has 7 heteroatoms. The molecule has 30 heavy (non-hydrogen) atoms. The van der Waals surface area contributed by atoms with Crippen LogP contribution in [0.2, 0.25) is 0 Å². The van der Waals surface area contributed by atoms with E-state index in [1.807, 2.05) is 61.7 Å². The van der Waals surface area contributed by atoms with Crippen LogP contribution in [-0.4, -0.2) is 32.7 Å². The first kappa shape index (κ1) is 21.4. The van der Waals surface area contributed by atoms with E-state index in [1.54, 1.807) is 7.11 Å². The number of esters is 1. The highest BCUT2D eigenvalue weighted by molar-refractivity contribution is 7.15. The molecule has 1 N–H and O–H groups in total. The number of hydrogen-bond acceptors (Lipinski definition) is 6. The van der Waals surface area contributed by atoms with Crippen LogP contribution in [0.4, 0.5) is 5.00 Å². The van der Waals surface area contributed by atoms with Gasteiger partial charge in [-0.3, -0.25) is 4.79 Å². The van der Waals surface area contributed by atoms with Crippen LogP contribution in [0.3, 0.4) is 0 Å². The highest BCUT2D eigenvalue weighted by Gasteiger charge is 2.22. The Morgan fingerprint density at radius 3 is 2.43 bits per heavy atom. The molecule has 0 saturated heterocycles. The van der Waals surface area contributed by atoms with E-state index in [2.05, 4.69) is 5.32 Å². The minimum Gasteiger partial charge on any atom is -0.497 e. The van der Waals surface area contributed by atoms with E-state index < -0.39 is 5.97 Å². The van der Waals surface area contributed by atoms with Crippen molar-refractivity contribution in [3.63, 3.8) is 0 Å². The Balaban J connectivity index is 1.79. The van der Waals surface area contributed by atoms with E-state index in [1.165, 1.54) is 18.4 Å². The van der Waals surface area contributed by atoms with Crippen molar-refractivity contribution in [1.29, 1.82) is 0 Å². The molecule has 0 unspecified atom stereocenters. The molecule has 1 heterocycles. The summed E-state index contributed by atoms with van der Waals surface area (Å²) in [4.78, 5) is 24.9. The number of amides is 1. The second-order valence-electron chi connectivity index (χ2n) is 6.68. The third kappa shape index (κ3) is 4.80. The van der Waals surface area contributed by atoms with Gasteiger partial charge in [-0.15, -0.1) is 11.3 Å². The third-order valence-corrected chi connectivity index (χ3v) is 5.43. The minimum atomic E-state index is -0.521. The summed E-state index contributed by atoms with van der Waals surface area (Å²) in [6.07, 6.45) is 0. The van der Waals surface area contributed by atoms with Crippen molar-refractivity contribution in [3.8, 4) is 22.6 Å². The topological polar surface area (TPSA) is 73.9 Å². The zero-order chi connectivity index (χ0) is 21.7. The molecule has 1 aromatic heterocycles. The fourth-order valence-electron chi connectivity index (χ4n) is 2.91. The molecule has 0 atom stereocenters. The molecule has 0 saturated carbocycles. The zero-order valence-electron chi connectivity index (χ0n) is 17.3. The standard InChI is InChI=1S/C23H23NO5S/c1-14-5-6-15(2)19(11-14)29-12-20(25)24-22-21(23(26)28-4)18(13-30-22)16-7-9-17(27-3)10-8-16/h5-11,13H,12H2,1-4H3,(H,24,25). The average molecular weight is 426 g/mol. The number of carbonyl (C=O) groups is 2. The van der Waals surface area contributed by atoms with E-state index in [4.69, 9.17) is 14.2 Å². The molecule has 1 amide bonds. The molecule has 0 radical (unpaired) electrons. The van der Waals surface area contributed by atoms with Crippen LogP contribution in [0, 0.1) is 13.8 Å². The summed E-state index contributed by atoms with van der Waals surface area (Å²) in [6, 6.07) is 13.1. The van der Waals surface area contributed by atoms with Gasteiger partial charge in [0.05, 0.1) is 14.2 Å². The maximum absolute atomic E-state index is 12.5. The van der Waals surface area contributed by atoms with Crippen molar-refractivity contribution in [2.24, 2.45) is 0 Å². The molecule has 0 aliphatic heterocycles. The summed E-state index contributed by atoms with van der Waals surface area (Å²) in [6.45, 7) is 3.71. The number of benzene rings is 2. The normalized spacial score (nSPS) is 10.4. The number of ether oxygens (including phenoxy) is 3. The summed E-state index contributed by atoms with van der Waals surface area (Å²) in [5.74, 6) is 0.492. The van der Waals surface area contributed by atoms with Crippen molar-refractivity contribution in [2.45, 2.75) is 13.8 Å². The lowest BCUT2D eigenvalue weighted by Gasteiger charge is -2.11. The summed E-state index contributed by atoms with van der Waals surface area (Å²) in [7, 11) is 2.90. The quantitative estimate of drug-likeness (QED) is 0.548. The van der Waals surface area contributed by atoms with Crippen molar-refractivity contribution in [3.05, 3.63) is 64.5 Å². The number of nitrogens with one attached hydrogen (secondary N) is 1. The lowest BCUT2D eigenvalue weighted by atomic mass is 10.0. The van der Waals surface area contributed by atoms with Gasteiger partial charge >= 0.3 is 5.97 Å². The maximum Gasteiger partial charge on any atom is 0.341 e. The largest absolute Gasteiger partial charge is 0.497 e. The van der Waals surface area contributed by atoms with Crippen LogP contribution in [-0.2, 0) is 9.53 Å². The number of thiophene rings is 1. The molecule has 0 aliphatic rings. The molecule has 0 bridgehead atoms. The number of hydrogen-bond donors (Lipinski definition) is 1. The third-order valence-electron chi connectivity index (χ3n) is 4.54. The molecule has 6 nitrogen and oxygen atoms in total. The average Bonchev–Trinajstić information content (AvgIpc) is 3.17. The Kier molecular flexibility index (Phi) is 6.74. The van der Waals surface area contributed by atoms with Crippen LogP contribution in [0.5, 0.6) is 11.5 Å². The van der Waals surface area contributed by atoms with Gasteiger partial charge in [-0.1, -0.05) is 24.3 Å². The predicted molar refractivity (Wildman–Crippen MR) is 118 cm³/mol. The van der Waals surface area contributed by atoms with Crippen LogP contribution in [0.25, 0.3) is 11.1 Å². The van der Waals surface area contributed by atoms with E-state index in [9.17, 15) is 9.59 Å². The summed E-state index contributed by atoms with van der Waals surface area (Å²) in [5, 5.41) is 5.01. The summed E-state index contributed by atoms with van der Waals surface area (Å²) in [5.41, 5.74) is 3.81. The molecular weight excluding hydrogens is 402 g/mol. The van der Waals surface area contributed by atoms with Gasteiger partial charge in [-0.25, -0.2) is 4.79 Å². The predicted octanol–water partition coefficient (Wildman–Crippen LogP) is 4.84. The molecule has 0 fully saturated rings. The maximum atomic E-state index is 12.5. The fraction of sp³-hybridized carbons (Fsp3) is 0.217. The van der Waals surface area contributed by atoms with Gasteiger partial charge in [0.1, 0.15) is 22.1 Å². The number of carbonyl (C=O) groups excluding carboxylic acids is 2. The van der Waals surface area contributed by atoms with Gasteiger partial charge < -0.3 is 19.5 Å².